The number of hydrogen-bond donors (Lipinski definition) is 1. The molecule has 0 saturated heterocycles. The van der Waals surface area contributed by atoms with Crippen molar-refractivity contribution in [1.29, 1.82) is 0 Å². The van der Waals surface area contributed by atoms with Gasteiger partial charge in [-0.05, 0) is 49.1 Å². The van der Waals surface area contributed by atoms with Crippen LogP contribution in [0.2, 0.25) is 0 Å². The van der Waals surface area contributed by atoms with Crippen molar-refractivity contribution in [1.82, 2.24) is 0 Å². The number of amides is 1. The SMILES string of the molecule is COc1ccccc1NC(=O)[C@@H](C)OC(=O)/C=C/c1ccc(SC)cc1. The highest BCUT2D eigenvalue weighted by Crippen LogP contribution is 2.23. The van der Waals surface area contributed by atoms with Crippen LogP contribution in [0.3, 0.4) is 0 Å². The minimum absolute atomic E-state index is 0.430. The number of carbonyl (C=O) groups is 2. The summed E-state index contributed by atoms with van der Waals surface area (Å²) >= 11 is 1.65. The summed E-state index contributed by atoms with van der Waals surface area (Å²) in [7, 11) is 1.52. The van der Waals surface area contributed by atoms with Gasteiger partial charge in [-0.2, -0.15) is 0 Å². The standard InChI is InChI=1S/C20H21NO4S/c1-14(20(23)21-17-6-4-5-7-18(17)24-2)25-19(22)13-10-15-8-11-16(26-3)12-9-15/h4-14H,1-3H3,(H,21,23)/b13-10+/t14-/m1/s1. The molecule has 2 rings (SSSR count). The second-order valence-electron chi connectivity index (χ2n) is 5.38. The number of thioether (sulfide) groups is 1. The number of ether oxygens (including phenoxy) is 2. The molecule has 0 saturated carbocycles. The summed E-state index contributed by atoms with van der Waals surface area (Å²) in [6.07, 6.45) is 4.02. The molecule has 0 unspecified atom stereocenters. The fourth-order valence-electron chi connectivity index (χ4n) is 2.13. The quantitative estimate of drug-likeness (QED) is 0.453. The van der Waals surface area contributed by atoms with E-state index in [1.807, 2.05) is 30.5 Å². The largest absolute Gasteiger partial charge is 0.495 e. The van der Waals surface area contributed by atoms with Crippen LogP contribution >= 0.6 is 11.8 Å². The van der Waals surface area contributed by atoms with E-state index >= 15 is 0 Å². The summed E-state index contributed by atoms with van der Waals surface area (Å²) in [6, 6.07) is 14.8. The van der Waals surface area contributed by atoms with Crippen molar-refractivity contribution in [2.45, 2.75) is 17.9 Å². The topological polar surface area (TPSA) is 64.6 Å². The predicted molar refractivity (Wildman–Crippen MR) is 104 cm³/mol. The molecule has 136 valence electrons. The lowest BCUT2D eigenvalue weighted by atomic mass is 10.2. The lowest BCUT2D eigenvalue weighted by Crippen LogP contribution is -2.29. The zero-order valence-corrected chi connectivity index (χ0v) is 15.7. The zero-order chi connectivity index (χ0) is 18.9. The van der Waals surface area contributed by atoms with E-state index in [4.69, 9.17) is 9.47 Å². The first-order chi connectivity index (χ1) is 12.5. The number of esters is 1. The highest BCUT2D eigenvalue weighted by molar-refractivity contribution is 7.98. The molecule has 0 fully saturated rings. The molecule has 2 aromatic rings. The maximum absolute atomic E-state index is 12.2. The van der Waals surface area contributed by atoms with Crippen molar-refractivity contribution in [2.24, 2.45) is 0 Å². The Morgan fingerprint density at radius 1 is 1.12 bits per heavy atom. The minimum Gasteiger partial charge on any atom is -0.495 e. The summed E-state index contributed by atoms with van der Waals surface area (Å²) in [5.41, 5.74) is 1.40. The first-order valence-electron chi connectivity index (χ1n) is 8.00. The molecule has 2 aromatic carbocycles. The Kier molecular flexibility index (Phi) is 7.29. The first-order valence-corrected chi connectivity index (χ1v) is 9.22. The maximum atomic E-state index is 12.2. The molecule has 1 atom stereocenters. The monoisotopic (exact) mass is 371 g/mol. The number of rotatable bonds is 7. The summed E-state index contributed by atoms with van der Waals surface area (Å²) in [5.74, 6) is -0.477. The lowest BCUT2D eigenvalue weighted by molar-refractivity contribution is -0.148. The van der Waals surface area contributed by atoms with Gasteiger partial charge in [-0.1, -0.05) is 24.3 Å². The molecular formula is C20H21NO4S. The van der Waals surface area contributed by atoms with Gasteiger partial charge < -0.3 is 14.8 Å². The van der Waals surface area contributed by atoms with Crippen LogP contribution in [0.4, 0.5) is 5.69 Å². The van der Waals surface area contributed by atoms with Crippen molar-refractivity contribution in [3.05, 3.63) is 60.2 Å². The Morgan fingerprint density at radius 2 is 1.81 bits per heavy atom. The number of hydrogen-bond acceptors (Lipinski definition) is 5. The molecule has 5 nitrogen and oxygen atoms in total. The van der Waals surface area contributed by atoms with E-state index in [1.165, 1.54) is 20.1 Å². The van der Waals surface area contributed by atoms with Crippen LogP contribution in [0, 0.1) is 0 Å². The molecule has 26 heavy (non-hydrogen) atoms. The van der Waals surface area contributed by atoms with Gasteiger partial charge in [0.2, 0.25) is 0 Å². The van der Waals surface area contributed by atoms with E-state index in [0.717, 1.165) is 10.5 Å². The Hall–Kier alpha value is -2.73. The number of benzene rings is 2. The van der Waals surface area contributed by atoms with E-state index < -0.39 is 18.0 Å². The van der Waals surface area contributed by atoms with Crippen molar-refractivity contribution in [3.63, 3.8) is 0 Å². The molecule has 0 aromatic heterocycles. The van der Waals surface area contributed by atoms with E-state index in [2.05, 4.69) is 5.32 Å². The Morgan fingerprint density at radius 3 is 2.46 bits per heavy atom. The van der Waals surface area contributed by atoms with Gasteiger partial charge >= 0.3 is 5.97 Å². The van der Waals surface area contributed by atoms with E-state index in [0.29, 0.717) is 11.4 Å². The third-order valence-corrected chi connectivity index (χ3v) is 4.30. The number of carbonyl (C=O) groups excluding carboxylic acids is 2. The van der Waals surface area contributed by atoms with Gasteiger partial charge in [0.1, 0.15) is 5.75 Å². The van der Waals surface area contributed by atoms with Crippen LogP contribution in [-0.2, 0) is 14.3 Å². The van der Waals surface area contributed by atoms with Gasteiger partial charge in [0.15, 0.2) is 6.10 Å². The highest BCUT2D eigenvalue weighted by Gasteiger charge is 2.18. The maximum Gasteiger partial charge on any atom is 0.331 e. The molecule has 0 aliphatic carbocycles. The number of para-hydroxylation sites is 2. The molecule has 6 heteroatoms. The smallest absolute Gasteiger partial charge is 0.331 e. The molecule has 0 aliphatic rings. The summed E-state index contributed by atoms with van der Waals surface area (Å²) in [6.45, 7) is 1.52. The van der Waals surface area contributed by atoms with Crippen molar-refractivity contribution < 1.29 is 19.1 Å². The van der Waals surface area contributed by atoms with Gasteiger partial charge in [0.05, 0.1) is 12.8 Å². The number of anilines is 1. The molecule has 0 aliphatic heterocycles. The fraction of sp³-hybridized carbons (Fsp3) is 0.200. The van der Waals surface area contributed by atoms with Gasteiger partial charge in [-0.3, -0.25) is 4.79 Å². The van der Waals surface area contributed by atoms with Gasteiger partial charge in [0, 0.05) is 11.0 Å². The molecule has 0 heterocycles. The fourth-order valence-corrected chi connectivity index (χ4v) is 2.54. The second-order valence-corrected chi connectivity index (χ2v) is 6.25. The van der Waals surface area contributed by atoms with Crippen LogP contribution in [0.25, 0.3) is 6.08 Å². The lowest BCUT2D eigenvalue weighted by Gasteiger charge is -2.14. The number of nitrogens with one attached hydrogen (secondary N) is 1. The first kappa shape index (κ1) is 19.6. The van der Waals surface area contributed by atoms with E-state index in [-0.39, 0.29) is 0 Å². The third kappa shape index (κ3) is 5.67. The Labute approximate surface area is 157 Å². The second kappa shape index (κ2) is 9.68. The van der Waals surface area contributed by atoms with Crippen molar-refractivity contribution >= 4 is 35.4 Å². The van der Waals surface area contributed by atoms with Gasteiger partial charge in [0.25, 0.3) is 5.91 Å². The molecule has 1 N–H and O–H groups in total. The van der Waals surface area contributed by atoms with Crippen molar-refractivity contribution in [3.8, 4) is 5.75 Å². The molecular weight excluding hydrogens is 350 g/mol. The van der Waals surface area contributed by atoms with Gasteiger partial charge in [-0.25, -0.2) is 4.79 Å². The zero-order valence-electron chi connectivity index (χ0n) is 14.9. The Balaban J connectivity index is 1.90. The summed E-state index contributed by atoms with van der Waals surface area (Å²) < 4.78 is 10.3. The van der Waals surface area contributed by atoms with Crippen LogP contribution in [0.15, 0.2) is 59.5 Å². The molecule has 0 radical (unpaired) electrons. The molecule has 1 amide bonds. The third-order valence-electron chi connectivity index (χ3n) is 3.55. The minimum atomic E-state index is -0.934. The van der Waals surface area contributed by atoms with E-state index in [9.17, 15) is 9.59 Å². The van der Waals surface area contributed by atoms with Crippen molar-refractivity contribution in [2.75, 3.05) is 18.7 Å². The molecule has 0 bridgehead atoms. The normalized spacial score (nSPS) is 11.8. The van der Waals surface area contributed by atoms with Gasteiger partial charge in [-0.15, -0.1) is 11.8 Å². The highest BCUT2D eigenvalue weighted by atomic mass is 32.2. The van der Waals surface area contributed by atoms with Crippen LogP contribution in [0.5, 0.6) is 5.75 Å². The molecule has 0 spiro atoms. The van der Waals surface area contributed by atoms with E-state index in [1.54, 1.807) is 42.1 Å². The average Bonchev–Trinajstić information content (AvgIpc) is 2.67. The van der Waals surface area contributed by atoms with Crippen LogP contribution in [-0.4, -0.2) is 31.3 Å². The number of methoxy groups -OCH3 is 1. The van der Waals surface area contributed by atoms with Crippen LogP contribution in [0.1, 0.15) is 12.5 Å². The average molecular weight is 371 g/mol. The van der Waals surface area contributed by atoms with Crippen LogP contribution < -0.4 is 10.1 Å². The predicted octanol–water partition coefficient (Wildman–Crippen LogP) is 4.00. The Bertz CT molecular complexity index is 787. The summed E-state index contributed by atoms with van der Waals surface area (Å²) in [4.78, 5) is 25.2. The summed E-state index contributed by atoms with van der Waals surface area (Å²) in [5, 5.41) is 2.69.